The van der Waals surface area contributed by atoms with Crippen molar-refractivity contribution in [1.82, 2.24) is 9.88 Å². The zero-order chi connectivity index (χ0) is 16.2. The molecule has 23 heavy (non-hydrogen) atoms. The van der Waals surface area contributed by atoms with E-state index in [0.29, 0.717) is 36.1 Å². The van der Waals surface area contributed by atoms with Crippen molar-refractivity contribution in [2.24, 2.45) is 5.73 Å². The molecule has 5 nitrogen and oxygen atoms in total. The van der Waals surface area contributed by atoms with Crippen molar-refractivity contribution >= 4 is 17.5 Å². The van der Waals surface area contributed by atoms with Gasteiger partial charge in [0.1, 0.15) is 0 Å². The largest absolute Gasteiger partial charge is 0.441 e. The molecule has 1 atom stereocenters. The Hall–Kier alpha value is -1.85. The molecule has 1 aliphatic heterocycles. The number of nitrogens with two attached hydrogens (primary N) is 1. The van der Waals surface area contributed by atoms with E-state index in [1.54, 1.807) is 6.20 Å². The number of oxazole rings is 1. The summed E-state index contributed by atoms with van der Waals surface area (Å²) in [4.78, 5) is 18.3. The third-order valence-electron chi connectivity index (χ3n) is 4.06. The van der Waals surface area contributed by atoms with Gasteiger partial charge in [0.25, 0.3) is 0 Å². The Bertz CT molecular complexity index is 686. The lowest BCUT2D eigenvalue weighted by Crippen LogP contribution is -2.45. The zero-order valence-corrected chi connectivity index (χ0v) is 13.6. The van der Waals surface area contributed by atoms with Gasteiger partial charge in [-0.05, 0) is 25.0 Å². The second kappa shape index (κ2) is 7.15. The van der Waals surface area contributed by atoms with E-state index in [9.17, 15) is 4.79 Å². The highest BCUT2D eigenvalue weighted by molar-refractivity contribution is 6.33. The Morgan fingerprint density at radius 2 is 2.26 bits per heavy atom. The molecule has 2 N–H and O–H groups in total. The topological polar surface area (TPSA) is 72.4 Å². The van der Waals surface area contributed by atoms with Crippen molar-refractivity contribution in [2.45, 2.75) is 31.7 Å². The number of aromatic nitrogens is 1. The maximum atomic E-state index is 12.2. The van der Waals surface area contributed by atoms with Gasteiger partial charge >= 0.3 is 0 Å². The van der Waals surface area contributed by atoms with E-state index in [0.717, 1.165) is 24.9 Å². The summed E-state index contributed by atoms with van der Waals surface area (Å²) in [5, 5.41) is 0.619. The molecule has 1 amide bonds. The molecule has 0 bridgehead atoms. The highest BCUT2D eigenvalue weighted by Crippen LogP contribution is 2.28. The molecule has 0 spiro atoms. The van der Waals surface area contributed by atoms with E-state index in [-0.39, 0.29) is 11.9 Å². The van der Waals surface area contributed by atoms with Crippen molar-refractivity contribution in [1.29, 1.82) is 0 Å². The number of piperidine rings is 1. The highest BCUT2D eigenvalue weighted by atomic mass is 35.5. The Morgan fingerprint density at radius 3 is 3.04 bits per heavy atom. The molecule has 1 aromatic heterocycles. The third-order valence-corrected chi connectivity index (χ3v) is 4.39. The van der Waals surface area contributed by atoms with E-state index in [2.05, 4.69) is 4.98 Å². The summed E-state index contributed by atoms with van der Waals surface area (Å²) in [6.07, 6.45) is 4.48. The smallest absolute Gasteiger partial charge is 0.223 e. The number of aryl methyl sites for hydroxylation is 1. The van der Waals surface area contributed by atoms with Crippen LogP contribution < -0.4 is 5.73 Å². The number of rotatable bonds is 4. The lowest BCUT2D eigenvalue weighted by molar-refractivity contribution is -0.132. The summed E-state index contributed by atoms with van der Waals surface area (Å²) in [6, 6.07) is 7.55. The Kier molecular flexibility index (Phi) is 4.98. The van der Waals surface area contributed by atoms with Crippen molar-refractivity contribution in [3.8, 4) is 11.3 Å². The van der Waals surface area contributed by atoms with E-state index >= 15 is 0 Å². The van der Waals surface area contributed by atoms with Gasteiger partial charge in [0.05, 0.1) is 11.2 Å². The predicted octanol–water partition coefficient (Wildman–Crippen LogP) is 2.88. The molecule has 2 aromatic rings. The van der Waals surface area contributed by atoms with Crippen molar-refractivity contribution in [2.75, 3.05) is 13.1 Å². The zero-order valence-electron chi connectivity index (χ0n) is 12.9. The average molecular weight is 334 g/mol. The van der Waals surface area contributed by atoms with Crippen molar-refractivity contribution < 1.29 is 9.21 Å². The molecule has 3 rings (SSSR count). The van der Waals surface area contributed by atoms with Crippen molar-refractivity contribution in [3.63, 3.8) is 0 Å². The van der Waals surface area contributed by atoms with Gasteiger partial charge in [-0.2, -0.15) is 0 Å². The highest BCUT2D eigenvalue weighted by Gasteiger charge is 2.21. The first-order chi connectivity index (χ1) is 11.1. The Morgan fingerprint density at radius 1 is 1.43 bits per heavy atom. The number of benzene rings is 1. The monoisotopic (exact) mass is 333 g/mol. The van der Waals surface area contributed by atoms with Crippen LogP contribution in [-0.4, -0.2) is 34.9 Å². The van der Waals surface area contributed by atoms with Crippen LogP contribution in [0, 0.1) is 0 Å². The molecule has 0 saturated carbocycles. The average Bonchev–Trinajstić information content (AvgIpc) is 3.02. The molecule has 1 fully saturated rings. The Labute approximate surface area is 140 Å². The van der Waals surface area contributed by atoms with Crippen LogP contribution in [0.1, 0.15) is 25.2 Å². The minimum atomic E-state index is 0.0984. The fourth-order valence-corrected chi connectivity index (χ4v) is 3.05. The quantitative estimate of drug-likeness (QED) is 0.933. The van der Waals surface area contributed by atoms with E-state index in [4.69, 9.17) is 21.8 Å². The van der Waals surface area contributed by atoms with Crippen LogP contribution in [0.5, 0.6) is 0 Å². The van der Waals surface area contributed by atoms with Gasteiger partial charge in [0.15, 0.2) is 11.7 Å². The maximum Gasteiger partial charge on any atom is 0.223 e. The van der Waals surface area contributed by atoms with Gasteiger partial charge in [-0.3, -0.25) is 4.79 Å². The van der Waals surface area contributed by atoms with Gasteiger partial charge in [0, 0.05) is 37.5 Å². The molecular weight excluding hydrogens is 314 g/mol. The molecule has 0 aliphatic carbocycles. The molecule has 1 aliphatic rings. The van der Waals surface area contributed by atoms with Crippen LogP contribution >= 0.6 is 11.6 Å². The number of carbonyl (C=O) groups is 1. The second-order valence-corrected chi connectivity index (χ2v) is 6.25. The predicted molar refractivity (Wildman–Crippen MR) is 89.1 cm³/mol. The number of likely N-dealkylation sites (tertiary alicyclic amines) is 1. The number of halogens is 1. The van der Waals surface area contributed by atoms with Crippen LogP contribution in [0.4, 0.5) is 0 Å². The standard InChI is InChI=1S/C17H20ClN3O2/c18-14-6-2-1-5-13(14)15-10-20-16(23-15)7-8-17(22)21-9-3-4-12(19)11-21/h1-2,5-6,10,12H,3-4,7-9,11,19H2. The minimum Gasteiger partial charge on any atom is -0.441 e. The van der Waals surface area contributed by atoms with E-state index in [1.807, 2.05) is 29.2 Å². The van der Waals surface area contributed by atoms with Crippen LogP contribution in [0.2, 0.25) is 5.02 Å². The van der Waals surface area contributed by atoms with E-state index in [1.165, 1.54) is 0 Å². The first-order valence-electron chi connectivity index (χ1n) is 7.86. The van der Waals surface area contributed by atoms with Gasteiger partial charge in [-0.1, -0.05) is 23.7 Å². The van der Waals surface area contributed by atoms with Gasteiger partial charge < -0.3 is 15.1 Å². The summed E-state index contributed by atoms with van der Waals surface area (Å²) in [7, 11) is 0. The molecule has 1 saturated heterocycles. The van der Waals surface area contributed by atoms with Crippen LogP contribution in [0.3, 0.4) is 0 Å². The molecule has 122 valence electrons. The first-order valence-corrected chi connectivity index (χ1v) is 8.24. The van der Waals surface area contributed by atoms with Gasteiger partial charge in [-0.25, -0.2) is 4.98 Å². The molecule has 6 heteroatoms. The number of carbonyl (C=O) groups excluding carboxylic acids is 1. The lowest BCUT2D eigenvalue weighted by atomic mass is 10.1. The molecule has 1 unspecified atom stereocenters. The van der Waals surface area contributed by atoms with Crippen LogP contribution in [0.15, 0.2) is 34.9 Å². The molecule has 1 aromatic carbocycles. The maximum absolute atomic E-state index is 12.2. The number of hydrogen-bond donors (Lipinski definition) is 1. The second-order valence-electron chi connectivity index (χ2n) is 5.84. The molecule has 0 radical (unpaired) electrons. The molecular formula is C17H20ClN3O2. The number of hydrogen-bond acceptors (Lipinski definition) is 4. The Balaban J connectivity index is 1.59. The summed E-state index contributed by atoms with van der Waals surface area (Å²) in [5.41, 5.74) is 6.72. The van der Waals surface area contributed by atoms with Crippen molar-refractivity contribution in [3.05, 3.63) is 41.4 Å². The van der Waals surface area contributed by atoms with Gasteiger partial charge in [-0.15, -0.1) is 0 Å². The number of amides is 1. The fraction of sp³-hybridized carbons (Fsp3) is 0.412. The summed E-state index contributed by atoms with van der Waals surface area (Å²) in [6.45, 7) is 1.44. The third kappa shape index (κ3) is 3.92. The molecule has 2 heterocycles. The lowest BCUT2D eigenvalue weighted by Gasteiger charge is -2.30. The normalized spacial score (nSPS) is 18.2. The van der Waals surface area contributed by atoms with Gasteiger partial charge in [0.2, 0.25) is 5.91 Å². The van der Waals surface area contributed by atoms with Crippen LogP contribution in [-0.2, 0) is 11.2 Å². The summed E-state index contributed by atoms with van der Waals surface area (Å²) < 4.78 is 5.72. The van der Waals surface area contributed by atoms with E-state index < -0.39 is 0 Å². The summed E-state index contributed by atoms with van der Waals surface area (Å²) >= 11 is 6.15. The number of nitrogens with zero attached hydrogens (tertiary/aromatic N) is 2. The summed E-state index contributed by atoms with van der Waals surface area (Å²) in [5.74, 6) is 1.28. The SMILES string of the molecule is NC1CCCN(C(=O)CCc2ncc(-c3ccccc3Cl)o2)C1. The first kappa shape index (κ1) is 16.0. The van der Waals surface area contributed by atoms with Crippen LogP contribution in [0.25, 0.3) is 11.3 Å². The fourth-order valence-electron chi connectivity index (χ4n) is 2.82. The minimum absolute atomic E-state index is 0.0984.